The largest absolute Gasteiger partial charge is 0.364 e. The molecule has 2 aromatic rings. The summed E-state index contributed by atoms with van der Waals surface area (Å²) in [4.78, 5) is 7.35. The van der Waals surface area contributed by atoms with E-state index in [0.29, 0.717) is 23.9 Å². The molecule has 3 nitrogen and oxygen atoms in total. The van der Waals surface area contributed by atoms with Gasteiger partial charge >= 0.3 is 0 Å². The van der Waals surface area contributed by atoms with Crippen LogP contribution in [0, 0.1) is 17.2 Å². The molecule has 2 aliphatic heterocycles. The van der Waals surface area contributed by atoms with Gasteiger partial charge in [0.15, 0.2) is 0 Å². The Labute approximate surface area is 250 Å². The highest BCUT2D eigenvalue weighted by atomic mass is 15.2. The van der Waals surface area contributed by atoms with E-state index in [0.717, 1.165) is 25.7 Å². The molecule has 2 aromatic carbocycles. The van der Waals surface area contributed by atoms with Crippen LogP contribution in [0.1, 0.15) is 81.4 Å². The Balaban J connectivity index is 1.10. The highest BCUT2D eigenvalue weighted by molar-refractivity contribution is 5.85. The number of aliphatic imine (C=N–C) groups is 1. The van der Waals surface area contributed by atoms with E-state index in [9.17, 15) is 5.26 Å². The van der Waals surface area contributed by atoms with Crippen LogP contribution in [0.4, 0.5) is 5.69 Å². The Bertz CT molecular complexity index is 1690. The summed E-state index contributed by atoms with van der Waals surface area (Å²) in [5.74, 6) is 0.816. The highest BCUT2D eigenvalue weighted by Gasteiger charge is 2.52. The molecule has 0 radical (unpaired) electrons. The molecule has 4 aliphatic carbocycles. The van der Waals surface area contributed by atoms with Gasteiger partial charge in [0.1, 0.15) is 6.04 Å². The van der Waals surface area contributed by atoms with Gasteiger partial charge in [-0.3, -0.25) is 4.99 Å². The summed E-state index contributed by atoms with van der Waals surface area (Å²) >= 11 is 0. The molecule has 42 heavy (non-hydrogen) atoms. The van der Waals surface area contributed by atoms with Gasteiger partial charge in [-0.15, -0.1) is 0 Å². The van der Waals surface area contributed by atoms with E-state index in [-0.39, 0.29) is 11.5 Å². The summed E-state index contributed by atoms with van der Waals surface area (Å²) in [5, 5.41) is 9.23. The number of rotatable bonds is 3. The lowest BCUT2D eigenvalue weighted by Gasteiger charge is -2.43. The molecule has 210 valence electrons. The first-order valence-corrected chi connectivity index (χ1v) is 16.0. The SMILES string of the molecule is CC1(C)C2=C(CCC3C2c2ccccc2N3C2CCC=C(C3=CC(C4=CCC(C#N)N=C4)CC=C3)C2)c2ccccc21. The van der Waals surface area contributed by atoms with Crippen LogP contribution < -0.4 is 4.90 Å². The molecule has 5 atom stereocenters. The van der Waals surface area contributed by atoms with Crippen molar-refractivity contribution < 1.29 is 0 Å². The van der Waals surface area contributed by atoms with E-state index >= 15 is 0 Å². The molecule has 2 heterocycles. The molecule has 0 saturated carbocycles. The molecule has 3 heteroatoms. The average Bonchev–Trinajstić information content (AvgIpc) is 3.50. The topological polar surface area (TPSA) is 39.4 Å². The van der Waals surface area contributed by atoms with Gasteiger partial charge < -0.3 is 4.90 Å². The normalized spacial score (nSPS) is 30.5. The van der Waals surface area contributed by atoms with E-state index in [1.165, 1.54) is 52.8 Å². The highest BCUT2D eigenvalue weighted by Crippen LogP contribution is 2.61. The number of nitrogens with zero attached hydrogens (tertiary/aromatic N) is 3. The first-order valence-electron chi connectivity index (χ1n) is 16.0. The zero-order chi connectivity index (χ0) is 28.4. The summed E-state index contributed by atoms with van der Waals surface area (Å²) in [5.41, 5.74) is 13.6. The maximum absolute atomic E-state index is 9.23. The Morgan fingerprint density at radius 1 is 1.00 bits per heavy atom. The molecule has 0 fully saturated rings. The van der Waals surface area contributed by atoms with Crippen molar-refractivity contribution in [2.24, 2.45) is 10.9 Å². The van der Waals surface area contributed by atoms with Gasteiger partial charge in [-0.1, -0.05) is 86.7 Å². The van der Waals surface area contributed by atoms with E-state index in [1.54, 1.807) is 16.7 Å². The van der Waals surface area contributed by atoms with Gasteiger partial charge in [-0.2, -0.15) is 5.26 Å². The number of nitriles is 1. The van der Waals surface area contributed by atoms with Gasteiger partial charge in [0, 0.05) is 47.7 Å². The third-order valence-corrected chi connectivity index (χ3v) is 11.0. The lowest BCUT2D eigenvalue weighted by molar-refractivity contribution is 0.419. The number of dihydropyridines is 1. The van der Waals surface area contributed by atoms with E-state index < -0.39 is 0 Å². The van der Waals surface area contributed by atoms with Crippen LogP contribution in [0.3, 0.4) is 0 Å². The fourth-order valence-corrected chi connectivity index (χ4v) is 9.11. The fraction of sp³-hybridized carbons (Fsp3) is 0.385. The maximum Gasteiger partial charge on any atom is 0.140 e. The van der Waals surface area contributed by atoms with Crippen molar-refractivity contribution in [3.05, 3.63) is 118 Å². The second-order valence-corrected chi connectivity index (χ2v) is 13.5. The quantitative estimate of drug-likeness (QED) is 0.384. The third kappa shape index (κ3) is 3.88. The van der Waals surface area contributed by atoms with E-state index in [4.69, 9.17) is 0 Å². The zero-order valence-electron chi connectivity index (χ0n) is 24.8. The van der Waals surface area contributed by atoms with Crippen LogP contribution in [-0.4, -0.2) is 24.3 Å². The van der Waals surface area contributed by atoms with Crippen molar-refractivity contribution in [1.82, 2.24) is 0 Å². The van der Waals surface area contributed by atoms with Gasteiger partial charge in [-0.05, 0) is 89.1 Å². The van der Waals surface area contributed by atoms with Gasteiger partial charge in [-0.25, -0.2) is 0 Å². The van der Waals surface area contributed by atoms with Crippen LogP contribution in [0.5, 0.6) is 0 Å². The molecule has 5 unspecified atom stereocenters. The van der Waals surface area contributed by atoms with Gasteiger partial charge in [0.05, 0.1) is 6.07 Å². The first-order chi connectivity index (χ1) is 20.5. The number of benzene rings is 2. The van der Waals surface area contributed by atoms with Crippen LogP contribution in [0.2, 0.25) is 0 Å². The molecular formula is C39H39N3. The molecule has 0 N–H and O–H groups in total. The lowest BCUT2D eigenvalue weighted by atomic mass is 9.69. The number of hydrogen-bond acceptors (Lipinski definition) is 3. The summed E-state index contributed by atoms with van der Waals surface area (Å²) in [7, 11) is 0. The molecule has 0 aromatic heterocycles. The molecule has 8 rings (SSSR count). The van der Waals surface area contributed by atoms with Crippen LogP contribution in [-0.2, 0) is 5.41 Å². The Morgan fingerprint density at radius 3 is 2.71 bits per heavy atom. The Hall–Kier alpha value is -3.90. The standard InChI is InChI=1S/C39H39N3/c1-39(2)34-15-5-3-13-31(34)32-19-20-36-37(38(32)39)33-14-4-6-16-35(33)42(36)30-12-8-11-27(22-30)25-9-7-10-26(21-25)28-17-18-29(23-40)41-24-28/h3-7,9,11,13-17,21,24,26,29-30,36-37H,8,10,12,18-20,22H2,1-2H3. The molecule has 0 bridgehead atoms. The molecule has 6 aliphatic rings. The van der Waals surface area contributed by atoms with Crippen molar-refractivity contribution in [2.45, 2.75) is 88.3 Å². The smallest absolute Gasteiger partial charge is 0.140 e. The van der Waals surface area contributed by atoms with Crippen molar-refractivity contribution in [3.63, 3.8) is 0 Å². The van der Waals surface area contributed by atoms with E-state index in [1.807, 2.05) is 6.21 Å². The number of anilines is 1. The fourth-order valence-electron chi connectivity index (χ4n) is 9.11. The summed E-state index contributed by atoms with van der Waals surface area (Å²) < 4.78 is 0. The number of hydrogen-bond donors (Lipinski definition) is 0. The second kappa shape index (κ2) is 9.84. The minimum atomic E-state index is -0.221. The van der Waals surface area contributed by atoms with Gasteiger partial charge in [0.25, 0.3) is 0 Å². The van der Waals surface area contributed by atoms with E-state index in [2.05, 4.69) is 109 Å². The third-order valence-electron chi connectivity index (χ3n) is 11.0. The lowest BCUT2D eigenvalue weighted by Crippen LogP contribution is -2.45. The molecule has 0 saturated heterocycles. The minimum Gasteiger partial charge on any atom is -0.364 e. The Kier molecular flexibility index (Phi) is 6.04. The molecule has 0 spiro atoms. The molecule has 0 amide bonds. The second-order valence-electron chi connectivity index (χ2n) is 13.5. The summed E-state index contributed by atoms with van der Waals surface area (Å²) in [6, 6.07) is 21.6. The first kappa shape index (κ1) is 25.8. The summed E-state index contributed by atoms with van der Waals surface area (Å²) in [6.45, 7) is 4.93. The number of para-hydroxylation sites is 1. The van der Waals surface area contributed by atoms with Crippen molar-refractivity contribution in [2.75, 3.05) is 4.90 Å². The minimum absolute atomic E-state index is 0.0626. The number of allylic oxidation sites excluding steroid dienone is 7. The maximum atomic E-state index is 9.23. The van der Waals surface area contributed by atoms with Crippen molar-refractivity contribution >= 4 is 17.5 Å². The predicted molar refractivity (Wildman–Crippen MR) is 173 cm³/mol. The monoisotopic (exact) mass is 549 g/mol. The van der Waals surface area contributed by atoms with Crippen LogP contribution in [0.15, 0.2) is 106 Å². The average molecular weight is 550 g/mol. The summed E-state index contributed by atoms with van der Waals surface area (Å²) in [6.07, 6.45) is 21.4. The predicted octanol–water partition coefficient (Wildman–Crippen LogP) is 8.77. The van der Waals surface area contributed by atoms with Gasteiger partial charge in [0.2, 0.25) is 0 Å². The zero-order valence-corrected chi connectivity index (χ0v) is 24.8. The number of fused-ring (bicyclic) bond motifs is 6. The van der Waals surface area contributed by atoms with Crippen LogP contribution >= 0.6 is 0 Å². The van der Waals surface area contributed by atoms with Crippen molar-refractivity contribution in [1.29, 1.82) is 5.26 Å². The Morgan fingerprint density at radius 2 is 1.86 bits per heavy atom. The molecular weight excluding hydrogens is 510 g/mol. The van der Waals surface area contributed by atoms with Crippen LogP contribution in [0.25, 0.3) is 5.57 Å². The van der Waals surface area contributed by atoms with Crippen molar-refractivity contribution in [3.8, 4) is 6.07 Å².